The maximum absolute atomic E-state index is 12.3. The number of carbonyl (C=O) groups is 2. The molecule has 2 aromatic heterocycles. The number of aromatic nitrogens is 3. The molecule has 1 aliphatic heterocycles. The Bertz CT molecular complexity index is 1350. The van der Waals surface area contributed by atoms with Crippen LogP contribution in [0.1, 0.15) is 18.5 Å². The smallest absolute Gasteiger partial charge is 0.407 e. The molecule has 0 aliphatic carbocycles. The average molecular weight is 492 g/mol. The molecule has 35 heavy (non-hydrogen) atoms. The first kappa shape index (κ1) is 22.5. The number of piperidine rings is 1. The molecular formula is C24H21N5O5S. The van der Waals surface area contributed by atoms with Gasteiger partial charge in [-0.1, -0.05) is 23.5 Å². The van der Waals surface area contributed by atoms with Crippen molar-refractivity contribution in [2.75, 3.05) is 18.4 Å². The van der Waals surface area contributed by atoms with Crippen molar-refractivity contribution < 1.29 is 24.5 Å². The molecule has 4 aromatic rings. The molecule has 178 valence electrons. The second-order valence-corrected chi connectivity index (χ2v) is 9.14. The van der Waals surface area contributed by atoms with Gasteiger partial charge in [0.2, 0.25) is 5.88 Å². The molecule has 0 spiro atoms. The lowest BCUT2D eigenvalue weighted by Crippen LogP contribution is -2.49. The van der Waals surface area contributed by atoms with Crippen molar-refractivity contribution in [2.24, 2.45) is 0 Å². The summed E-state index contributed by atoms with van der Waals surface area (Å²) in [5.41, 5.74) is 0.550. The summed E-state index contributed by atoms with van der Waals surface area (Å²) in [6.45, 7) is 0.174. The van der Waals surface area contributed by atoms with E-state index in [0.717, 1.165) is 21.0 Å². The number of nitrogens with one attached hydrogen (secondary N) is 1. The number of para-hydroxylation sites is 1. The summed E-state index contributed by atoms with van der Waals surface area (Å²) < 4.78 is 7.05. The molecular weight excluding hydrogens is 470 g/mol. The van der Waals surface area contributed by atoms with Gasteiger partial charge in [-0.15, -0.1) is 0 Å². The minimum Gasteiger partial charge on any atom is -0.481 e. The van der Waals surface area contributed by atoms with E-state index in [1.807, 2.05) is 36.4 Å². The summed E-state index contributed by atoms with van der Waals surface area (Å²) in [6.07, 6.45) is 1.94. The van der Waals surface area contributed by atoms with Crippen LogP contribution < -0.4 is 10.1 Å². The number of hydrogen-bond acceptors (Lipinski definition) is 8. The van der Waals surface area contributed by atoms with Crippen LogP contribution in [0.3, 0.4) is 0 Å². The van der Waals surface area contributed by atoms with Gasteiger partial charge in [0.05, 0.1) is 10.2 Å². The molecule has 0 bridgehead atoms. The number of rotatable bonds is 6. The van der Waals surface area contributed by atoms with Crippen molar-refractivity contribution in [3.8, 4) is 11.6 Å². The highest BCUT2D eigenvalue weighted by Crippen LogP contribution is 2.40. The Hall–Kier alpha value is -4.25. The molecule has 5 rings (SSSR count). The summed E-state index contributed by atoms with van der Waals surface area (Å²) in [7, 11) is 0. The van der Waals surface area contributed by atoms with Crippen LogP contribution in [0.25, 0.3) is 10.2 Å². The van der Waals surface area contributed by atoms with Crippen LogP contribution in [0.5, 0.6) is 11.6 Å². The van der Waals surface area contributed by atoms with E-state index in [4.69, 9.17) is 4.74 Å². The normalized spacial score (nSPS) is 15.0. The average Bonchev–Trinajstić information content (AvgIpc) is 3.28. The van der Waals surface area contributed by atoms with Gasteiger partial charge in [0.25, 0.3) is 0 Å². The van der Waals surface area contributed by atoms with Gasteiger partial charge >= 0.3 is 12.1 Å². The predicted octanol–water partition coefficient (Wildman–Crippen LogP) is 4.72. The number of ether oxygens (including phenoxy) is 1. The van der Waals surface area contributed by atoms with Crippen molar-refractivity contribution in [2.45, 2.75) is 18.3 Å². The summed E-state index contributed by atoms with van der Waals surface area (Å²) in [4.78, 5) is 37.9. The van der Waals surface area contributed by atoms with Gasteiger partial charge in [0.1, 0.15) is 16.9 Å². The van der Waals surface area contributed by atoms with Crippen molar-refractivity contribution in [3.05, 3.63) is 66.6 Å². The number of thiazole rings is 1. The zero-order valence-electron chi connectivity index (χ0n) is 18.4. The lowest BCUT2D eigenvalue weighted by atomic mass is 9.75. The number of carboxylic acid groups (broad SMARTS) is 2. The van der Waals surface area contributed by atoms with Crippen LogP contribution >= 0.6 is 11.3 Å². The number of likely N-dealkylation sites (tertiary alicyclic amines) is 1. The van der Waals surface area contributed by atoms with Crippen LogP contribution in [0.15, 0.2) is 60.9 Å². The fourth-order valence-corrected chi connectivity index (χ4v) is 5.01. The molecule has 2 aromatic carbocycles. The van der Waals surface area contributed by atoms with E-state index in [-0.39, 0.29) is 37.5 Å². The molecule has 3 N–H and O–H groups in total. The Morgan fingerprint density at radius 2 is 1.71 bits per heavy atom. The van der Waals surface area contributed by atoms with E-state index in [1.165, 1.54) is 17.3 Å². The largest absolute Gasteiger partial charge is 0.481 e. The van der Waals surface area contributed by atoms with E-state index in [0.29, 0.717) is 5.75 Å². The molecule has 0 saturated carbocycles. The van der Waals surface area contributed by atoms with Crippen LogP contribution in [-0.2, 0) is 10.2 Å². The SMILES string of the molecule is O=C(O)N1CCC(C(=O)O)(c2nccnc2Oc2ccc(Nc3nc4ccccc4s3)cc2)CC1. The van der Waals surface area contributed by atoms with Gasteiger partial charge < -0.3 is 25.2 Å². The molecule has 0 atom stereocenters. The van der Waals surface area contributed by atoms with Crippen molar-refractivity contribution in [3.63, 3.8) is 0 Å². The molecule has 0 unspecified atom stereocenters. The van der Waals surface area contributed by atoms with Gasteiger partial charge in [-0.3, -0.25) is 9.78 Å². The lowest BCUT2D eigenvalue weighted by Gasteiger charge is -2.37. The number of fused-ring (bicyclic) bond motifs is 1. The van der Waals surface area contributed by atoms with Gasteiger partial charge in [0.15, 0.2) is 5.13 Å². The molecule has 1 amide bonds. The third kappa shape index (κ3) is 4.45. The van der Waals surface area contributed by atoms with Crippen LogP contribution in [-0.4, -0.2) is 55.2 Å². The maximum atomic E-state index is 12.3. The highest BCUT2D eigenvalue weighted by Gasteiger charge is 2.47. The second kappa shape index (κ2) is 9.18. The monoisotopic (exact) mass is 491 g/mol. The van der Waals surface area contributed by atoms with Gasteiger partial charge in [-0.05, 0) is 49.2 Å². The topological polar surface area (TPSA) is 138 Å². The molecule has 11 heteroatoms. The van der Waals surface area contributed by atoms with Gasteiger partial charge in [-0.25, -0.2) is 14.8 Å². The second-order valence-electron chi connectivity index (χ2n) is 8.11. The molecule has 3 heterocycles. The van der Waals surface area contributed by atoms with Crippen LogP contribution in [0.4, 0.5) is 15.6 Å². The maximum Gasteiger partial charge on any atom is 0.407 e. The minimum atomic E-state index is -1.39. The Kier molecular flexibility index (Phi) is 5.91. The van der Waals surface area contributed by atoms with E-state index >= 15 is 0 Å². The molecule has 1 fully saturated rings. The van der Waals surface area contributed by atoms with Crippen LogP contribution in [0.2, 0.25) is 0 Å². The summed E-state index contributed by atoms with van der Waals surface area (Å²) in [5, 5.41) is 23.4. The Balaban J connectivity index is 1.35. The van der Waals surface area contributed by atoms with E-state index < -0.39 is 17.5 Å². The summed E-state index contributed by atoms with van der Waals surface area (Å²) in [5.74, 6) is -0.529. The summed E-state index contributed by atoms with van der Waals surface area (Å²) in [6, 6.07) is 15.0. The van der Waals surface area contributed by atoms with E-state index in [2.05, 4.69) is 20.3 Å². The number of amides is 1. The van der Waals surface area contributed by atoms with Crippen LogP contribution in [0, 0.1) is 0 Å². The molecule has 1 aliphatic rings. The first-order chi connectivity index (χ1) is 16.9. The zero-order valence-corrected chi connectivity index (χ0v) is 19.2. The Labute approximate surface area is 203 Å². The fourth-order valence-electron chi connectivity index (χ4n) is 4.13. The standard InChI is InChI=1S/C24H21N5O5S/c30-21(31)24(9-13-29(14-10-24)23(32)33)19-20(26-12-11-25-19)34-16-7-5-15(6-8-16)27-22-28-17-3-1-2-4-18(17)35-22/h1-8,11-12H,9-10,13-14H2,(H,27,28)(H,30,31)(H,32,33). The number of aliphatic carboxylic acids is 1. The zero-order chi connectivity index (χ0) is 24.4. The highest BCUT2D eigenvalue weighted by molar-refractivity contribution is 7.22. The van der Waals surface area contributed by atoms with Gasteiger partial charge in [0, 0.05) is 31.2 Å². The van der Waals surface area contributed by atoms with E-state index in [9.17, 15) is 19.8 Å². The molecule has 10 nitrogen and oxygen atoms in total. The minimum absolute atomic E-state index is 0.0781. The summed E-state index contributed by atoms with van der Waals surface area (Å²) >= 11 is 1.55. The Morgan fingerprint density at radius 3 is 2.40 bits per heavy atom. The quantitative estimate of drug-likeness (QED) is 0.350. The number of carboxylic acids is 1. The van der Waals surface area contributed by atoms with Crippen molar-refractivity contribution in [1.29, 1.82) is 0 Å². The number of nitrogens with zero attached hydrogens (tertiary/aromatic N) is 4. The van der Waals surface area contributed by atoms with Crippen molar-refractivity contribution in [1.82, 2.24) is 19.9 Å². The first-order valence-electron chi connectivity index (χ1n) is 10.9. The molecule has 0 radical (unpaired) electrons. The fraction of sp³-hybridized carbons (Fsp3) is 0.208. The number of benzene rings is 2. The number of anilines is 2. The highest BCUT2D eigenvalue weighted by atomic mass is 32.1. The molecule has 1 saturated heterocycles. The first-order valence-corrected chi connectivity index (χ1v) is 11.7. The third-order valence-corrected chi connectivity index (χ3v) is 6.98. The predicted molar refractivity (Wildman–Crippen MR) is 130 cm³/mol. The van der Waals surface area contributed by atoms with Crippen molar-refractivity contribution >= 4 is 44.4 Å². The van der Waals surface area contributed by atoms with Gasteiger partial charge in [-0.2, -0.15) is 0 Å². The number of hydrogen-bond donors (Lipinski definition) is 3. The lowest BCUT2D eigenvalue weighted by molar-refractivity contribution is -0.146. The van der Waals surface area contributed by atoms with E-state index in [1.54, 1.807) is 23.5 Å². The third-order valence-electron chi connectivity index (χ3n) is 6.03. The Morgan fingerprint density at radius 1 is 1.00 bits per heavy atom.